The largest absolute Gasteiger partial charge is 0.508 e. The molecule has 0 spiro atoms. The number of phenolic OH excluding ortho intramolecular Hbond substituents is 1. The number of para-hydroxylation sites is 2. The number of nitrogens with one attached hydrogen (secondary N) is 1. The van der Waals surface area contributed by atoms with Gasteiger partial charge in [0.1, 0.15) is 17.0 Å². The van der Waals surface area contributed by atoms with E-state index in [0.717, 1.165) is 57.6 Å². The lowest BCUT2D eigenvalue weighted by Crippen LogP contribution is -2.22. The van der Waals surface area contributed by atoms with Gasteiger partial charge in [0.2, 0.25) is 0 Å². The number of anilines is 2. The first-order valence-corrected chi connectivity index (χ1v) is 10.3. The van der Waals surface area contributed by atoms with Crippen molar-refractivity contribution in [1.29, 1.82) is 0 Å². The quantitative estimate of drug-likeness (QED) is 0.308. The molecule has 154 valence electrons. The number of pyridine rings is 1. The van der Waals surface area contributed by atoms with E-state index in [1.165, 1.54) is 0 Å². The number of benzene rings is 3. The molecular formula is C25H27N3O2. The highest BCUT2D eigenvalue weighted by atomic mass is 16.5. The number of nitrogens with zero attached hydrogens (tertiary/aromatic N) is 2. The third kappa shape index (κ3) is 3.76. The first kappa shape index (κ1) is 20.0. The van der Waals surface area contributed by atoms with Crippen LogP contribution in [0, 0.1) is 0 Å². The summed E-state index contributed by atoms with van der Waals surface area (Å²) in [6.07, 6.45) is 0. The summed E-state index contributed by atoms with van der Waals surface area (Å²) in [5.41, 5.74) is 4.54. The van der Waals surface area contributed by atoms with Crippen LogP contribution in [0.4, 0.5) is 11.4 Å². The maximum atomic E-state index is 10.4. The maximum Gasteiger partial charge on any atom is 0.145 e. The summed E-state index contributed by atoms with van der Waals surface area (Å²) >= 11 is 0. The van der Waals surface area contributed by atoms with Crippen molar-refractivity contribution in [2.75, 3.05) is 25.5 Å². The van der Waals surface area contributed by atoms with E-state index in [9.17, 15) is 5.11 Å². The van der Waals surface area contributed by atoms with Gasteiger partial charge in [-0.05, 0) is 43.4 Å². The SMILES string of the molecule is CCN(CC)Cc1cc(Nc2c3ccccc3nc3c(OC)cccc23)ccc1O. The monoisotopic (exact) mass is 401 g/mol. The number of ether oxygens (including phenoxy) is 1. The molecule has 5 heteroatoms. The zero-order valence-corrected chi connectivity index (χ0v) is 17.6. The van der Waals surface area contributed by atoms with E-state index in [2.05, 4.69) is 36.2 Å². The normalized spacial score (nSPS) is 11.3. The summed E-state index contributed by atoms with van der Waals surface area (Å²) in [5.74, 6) is 1.06. The van der Waals surface area contributed by atoms with E-state index in [1.807, 2.05) is 42.5 Å². The predicted molar refractivity (Wildman–Crippen MR) is 124 cm³/mol. The molecule has 0 saturated carbocycles. The Labute approximate surface area is 176 Å². The summed E-state index contributed by atoms with van der Waals surface area (Å²) in [4.78, 5) is 7.11. The second-order valence-corrected chi connectivity index (χ2v) is 7.29. The van der Waals surface area contributed by atoms with Gasteiger partial charge in [-0.3, -0.25) is 4.90 Å². The highest BCUT2D eigenvalue weighted by molar-refractivity contribution is 6.10. The third-order valence-corrected chi connectivity index (χ3v) is 5.53. The number of fused-ring (bicyclic) bond motifs is 2. The fourth-order valence-corrected chi connectivity index (χ4v) is 3.81. The summed E-state index contributed by atoms with van der Waals surface area (Å²) < 4.78 is 5.56. The van der Waals surface area contributed by atoms with Crippen LogP contribution in [-0.4, -0.2) is 35.2 Å². The zero-order valence-electron chi connectivity index (χ0n) is 17.6. The van der Waals surface area contributed by atoms with E-state index in [4.69, 9.17) is 9.72 Å². The molecule has 0 radical (unpaired) electrons. The number of aromatic hydroxyl groups is 1. The molecule has 1 heterocycles. The molecule has 0 aliphatic rings. The minimum Gasteiger partial charge on any atom is -0.508 e. The van der Waals surface area contributed by atoms with Crippen molar-refractivity contribution in [3.05, 3.63) is 66.2 Å². The van der Waals surface area contributed by atoms with Crippen LogP contribution < -0.4 is 10.1 Å². The standard InChI is InChI=1S/C25H27N3O2/c1-4-28(5-2)16-17-15-18(13-14-22(17)29)26-24-19-9-6-7-11-21(19)27-25-20(24)10-8-12-23(25)30-3/h6-15,29H,4-5,16H2,1-3H3,(H,26,27). The number of rotatable bonds is 7. The highest BCUT2D eigenvalue weighted by Crippen LogP contribution is 2.37. The van der Waals surface area contributed by atoms with Gasteiger partial charge in [-0.2, -0.15) is 0 Å². The second kappa shape index (κ2) is 8.59. The maximum absolute atomic E-state index is 10.4. The molecule has 0 atom stereocenters. The van der Waals surface area contributed by atoms with Crippen molar-refractivity contribution in [2.45, 2.75) is 20.4 Å². The van der Waals surface area contributed by atoms with Crippen LogP contribution >= 0.6 is 0 Å². The number of phenols is 1. The highest BCUT2D eigenvalue weighted by Gasteiger charge is 2.14. The Balaban J connectivity index is 1.83. The fraction of sp³-hybridized carbons (Fsp3) is 0.240. The third-order valence-electron chi connectivity index (χ3n) is 5.53. The molecule has 1 aromatic heterocycles. The molecule has 4 aromatic rings. The van der Waals surface area contributed by atoms with Crippen LogP contribution in [-0.2, 0) is 6.54 Å². The van der Waals surface area contributed by atoms with Crippen molar-refractivity contribution in [3.63, 3.8) is 0 Å². The van der Waals surface area contributed by atoms with Gasteiger partial charge in [0.05, 0.1) is 18.3 Å². The Kier molecular flexibility index (Phi) is 5.72. The molecule has 0 fully saturated rings. The van der Waals surface area contributed by atoms with E-state index in [1.54, 1.807) is 13.2 Å². The first-order valence-electron chi connectivity index (χ1n) is 10.3. The fourth-order valence-electron chi connectivity index (χ4n) is 3.81. The average molecular weight is 402 g/mol. The molecule has 5 nitrogen and oxygen atoms in total. The van der Waals surface area contributed by atoms with Gasteiger partial charge in [-0.15, -0.1) is 0 Å². The molecular weight excluding hydrogens is 374 g/mol. The lowest BCUT2D eigenvalue weighted by molar-refractivity contribution is 0.291. The van der Waals surface area contributed by atoms with Crippen molar-refractivity contribution in [2.24, 2.45) is 0 Å². The molecule has 30 heavy (non-hydrogen) atoms. The van der Waals surface area contributed by atoms with Gasteiger partial charge < -0.3 is 15.2 Å². The molecule has 0 aliphatic heterocycles. The smallest absolute Gasteiger partial charge is 0.145 e. The Morgan fingerprint density at radius 1 is 0.967 bits per heavy atom. The van der Waals surface area contributed by atoms with Gasteiger partial charge in [0, 0.05) is 28.6 Å². The van der Waals surface area contributed by atoms with E-state index < -0.39 is 0 Å². The van der Waals surface area contributed by atoms with E-state index >= 15 is 0 Å². The molecule has 0 bridgehead atoms. The van der Waals surface area contributed by atoms with E-state index in [0.29, 0.717) is 12.3 Å². The van der Waals surface area contributed by atoms with Gasteiger partial charge in [0.15, 0.2) is 0 Å². The van der Waals surface area contributed by atoms with Crippen molar-refractivity contribution >= 4 is 33.2 Å². The summed E-state index contributed by atoms with van der Waals surface area (Å²) in [7, 11) is 1.66. The van der Waals surface area contributed by atoms with Crippen LogP contribution in [0.25, 0.3) is 21.8 Å². The summed E-state index contributed by atoms with van der Waals surface area (Å²) in [6, 6.07) is 19.7. The molecule has 0 aliphatic carbocycles. The first-order chi connectivity index (χ1) is 14.6. The van der Waals surface area contributed by atoms with Crippen LogP contribution in [0.2, 0.25) is 0 Å². The van der Waals surface area contributed by atoms with Crippen LogP contribution in [0.1, 0.15) is 19.4 Å². The molecule has 0 amide bonds. The lowest BCUT2D eigenvalue weighted by atomic mass is 10.1. The van der Waals surface area contributed by atoms with E-state index in [-0.39, 0.29) is 0 Å². The van der Waals surface area contributed by atoms with Gasteiger partial charge in [-0.1, -0.05) is 44.2 Å². The molecule has 3 aromatic carbocycles. The van der Waals surface area contributed by atoms with Gasteiger partial charge >= 0.3 is 0 Å². The summed E-state index contributed by atoms with van der Waals surface area (Å²) in [6.45, 7) is 6.84. The Morgan fingerprint density at radius 3 is 2.50 bits per heavy atom. The molecule has 4 rings (SSSR count). The van der Waals surface area contributed by atoms with Gasteiger partial charge in [-0.25, -0.2) is 4.98 Å². The topological polar surface area (TPSA) is 57.6 Å². The molecule has 0 unspecified atom stereocenters. The Morgan fingerprint density at radius 2 is 1.73 bits per heavy atom. The molecule has 2 N–H and O–H groups in total. The zero-order chi connectivity index (χ0) is 21.1. The minimum atomic E-state index is 0.318. The average Bonchev–Trinajstić information content (AvgIpc) is 2.78. The number of aromatic nitrogens is 1. The van der Waals surface area contributed by atoms with Crippen LogP contribution in [0.5, 0.6) is 11.5 Å². The number of methoxy groups -OCH3 is 1. The second-order valence-electron chi connectivity index (χ2n) is 7.29. The number of hydrogen-bond acceptors (Lipinski definition) is 5. The van der Waals surface area contributed by atoms with Crippen molar-refractivity contribution in [3.8, 4) is 11.5 Å². The predicted octanol–water partition coefficient (Wildman–Crippen LogP) is 5.69. The van der Waals surface area contributed by atoms with Crippen LogP contribution in [0.15, 0.2) is 60.7 Å². The lowest BCUT2D eigenvalue weighted by Gasteiger charge is -2.20. The van der Waals surface area contributed by atoms with Crippen molar-refractivity contribution in [1.82, 2.24) is 9.88 Å². The minimum absolute atomic E-state index is 0.318. The Bertz CT molecular complexity index is 1190. The molecule has 0 saturated heterocycles. The summed E-state index contributed by atoms with van der Waals surface area (Å²) in [5, 5.41) is 16.0. The number of hydrogen-bond donors (Lipinski definition) is 2. The Hall–Kier alpha value is -3.31. The van der Waals surface area contributed by atoms with Gasteiger partial charge in [0.25, 0.3) is 0 Å². The van der Waals surface area contributed by atoms with Crippen LogP contribution in [0.3, 0.4) is 0 Å². The van der Waals surface area contributed by atoms with Crippen molar-refractivity contribution < 1.29 is 9.84 Å².